The van der Waals surface area contributed by atoms with E-state index in [1.54, 1.807) is 11.8 Å². The van der Waals surface area contributed by atoms with Crippen molar-refractivity contribution in [2.45, 2.75) is 63.4 Å². The molecule has 5 heteroatoms. The lowest BCUT2D eigenvalue weighted by atomic mass is 9.98. The summed E-state index contributed by atoms with van der Waals surface area (Å²) in [4.78, 5) is 14.2. The molecular formula is C13H26N2O2S. The van der Waals surface area contributed by atoms with Gasteiger partial charge in [0.05, 0.1) is 6.61 Å². The maximum atomic E-state index is 12.3. The summed E-state index contributed by atoms with van der Waals surface area (Å²) in [6.45, 7) is 6.26. The molecule has 1 fully saturated rings. The van der Waals surface area contributed by atoms with Gasteiger partial charge in [-0.05, 0) is 46.3 Å². The van der Waals surface area contributed by atoms with Crippen LogP contribution in [0.4, 0.5) is 4.79 Å². The maximum absolute atomic E-state index is 12.3. The number of amides is 2. The molecule has 18 heavy (non-hydrogen) atoms. The van der Waals surface area contributed by atoms with E-state index in [2.05, 4.69) is 19.2 Å². The van der Waals surface area contributed by atoms with Crippen LogP contribution < -0.4 is 5.32 Å². The number of hydrogen-bond donors (Lipinski definition) is 2. The second kappa shape index (κ2) is 7.24. The lowest BCUT2D eigenvalue weighted by molar-refractivity contribution is 0.120. The largest absolute Gasteiger partial charge is 0.395 e. The van der Waals surface area contributed by atoms with Crippen molar-refractivity contribution in [3.05, 3.63) is 0 Å². The number of hydrogen-bond acceptors (Lipinski definition) is 3. The number of carbonyl (C=O) groups excluding carboxylic acids is 1. The van der Waals surface area contributed by atoms with Gasteiger partial charge in [0.1, 0.15) is 0 Å². The van der Waals surface area contributed by atoms with Crippen LogP contribution in [0.15, 0.2) is 0 Å². The van der Waals surface area contributed by atoms with Crippen LogP contribution in [-0.2, 0) is 0 Å². The summed E-state index contributed by atoms with van der Waals surface area (Å²) in [5.41, 5.74) is 0. The van der Waals surface area contributed by atoms with Gasteiger partial charge in [-0.3, -0.25) is 0 Å². The first-order valence-corrected chi connectivity index (χ1v) is 8.02. The van der Waals surface area contributed by atoms with Gasteiger partial charge in [0.25, 0.3) is 0 Å². The number of carbonyl (C=O) groups is 1. The molecule has 1 rings (SSSR count). The Morgan fingerprint density at radius 2 is 2.00 bits per heavy atom. The van der Waals surface area contributed by atoms with Crippen molar-refractivity contribution in [3.63, 3.8) is 0 Å². The normalized spacial score (nSPS) is 27.7. The summed E-state index contributed by atoms with van der Waals surface area (Å²) in [5, 5.41) is 12.3. The Morgan fingerprint density at radius 1 is 1.44 bits per heavy atom. The SMILES string of the molecule is CSC(CO)C(C)NC(=O)N1C(C)CCCC1C. The number of likely N-dealkylation sites (tertiary alicyclic amines) is 1. The van der Waals surface area contributed by atoms with Crippen molar-refractivity contribution in [2.24, 2.45) is 0 Å². The van der Waals surface area contributed by atoms with Gasteiger partial charge in [-0.25, -0.2) is 4.79 Å². The molecule has 1 saturated heterocycles. The van der Waals surface area contributed by atoms with Crippen LogP contribution in [0, 0.1) is 0 Å². The van der Waals surface area contributed by atoms with E-state index < -0.39 is 0 Å². The van der Waals surface area contributed by atoms with Gasteiger partial charge in [-0.1, -0.05) is 0 Å². The average molecular weight is 274 g/mol. The third-order valence-corrected chi connectivity index (χ3v) is 4.98. The van der Waals surface area contributed by atoms with Crippen molar-refractivity contribution in [2.75, 3.05) is 12.9 Å². The molecule has 1 heterocycles. The molecule has 4 nitrogen and oxygen atoms in total. The summed E-state index contributed by atoms with van der Waals surface area (Å²) in [7, 11) is 0. The summed E-state index contributed by atoms with van der Waals surface area (Å²) in [5.74, 6) is 0. The number of aliphatic hydroxyl groups is 1. The van der Waals surface area contributed by atoms with Crippen molar-refractivity contribution in [1.29, 1.82) is 0 Å². The number of thioether (sulfide) groups is 1. The van der Waals surface area contributed by atoms with Crippen LogP contribution in [-0.4, -0.2) is 52.3 Å². The quantitative estimate of drug-likeness (QED) is 0.825. The van der Waals surface area contributed by atoms with E-state index in [0.717, 1.165) is 12.8 Å². The summed E-state index contributed by atoms with van der Waals surface area (Å²) in [6.07, 6.45) is 5.32. The monoisotopic (exact) mass is 274 g/mol. The fraction of sp³-hybridized carbons (Fsp3) is 0.923. The van der Waals surface area contributed by atoms with Crippen molar-refractivity contribution in [1.82, 2.24) is 10.2 Å². The standard InChI is InChI=1S/C13H26N2O2S/c1-9-6-5-7-10(2)15(9)13(17)14-11(3)12(8-16)18-4/h9-12,16H,5-8H2,1-4H3,(H,14,17). The minimum Gasteiger partial charge on any atom is -0.395 e. The van der Waals surface area contributed by atoms with E-state index in [1.165, 1.54) is 6.42 Å². The molecule has 0 aromatic rings. The zero-order chi connectivity index (χ0) is 13.7. The van der Waals surface area contributed by atoms with Crippen LogP contribution in [0.3, 0.4) is 0 Å². The number of rotatable bonds is 4. The number of piperidine rings is 1. The number of urea groups is 1. The molecule has 0 aliphatic carbocycles. The molecule has 0 bridgehead atoms. The Kier molecular flexibility index (Phi) is 6.29. The van der Waals surface area contributed by atoms with E-state index in [0.29, 0.717) is 12.1 Å². The lowest BCUT2D eigenvalue weighted by Crippen LogP contribution is -2.55. The van der Waals surface area contributed by atoms with E-state index in [-0.39, 0.29) is 23.9 Å². The minimum absolute atomic E-state index is 0.00898. The summed E-state index contributed by atoms with van der Waals surface area (Å²) >= 11 is 1.59. The number of nitrogens with one attached hydrogen (secondary N) is 1. The van der Waals surface area contributed by atoms with E-state index in [4.69, 9.17) is 0 Å². The van der Waals surface area contributed by atoms with E-state index in [9.17, 15) is 9.90 Å². The number of aliphatic hydroxyl groups excluding tert-OH is 1. The number of nitrogens with zero attached hydrogens (tertiary/aromatic N) is 1. The molecule has 4 atom stereocenters. The maximum Gasteiger partial charge on any atom is 0.318 e. The van der Waals surface area contributed by atoms with Gasteiger partial charge < -0.3 is 15.3 Å². The fourth-order valence-corrected chi connectivity index (χ4v) is 3.25. The lowest BCUT2D eigenvalue weighted by Gasteiger charge is -2.40. The topological polar surface area (TPSA) is 52.6 Å². The molecule has 0 radical (unpaired) electrons. The van der Waals surface area contributed by atoms with Crippen LogP contribution in [0.25, 0.3) is 0 Å². The Hall–Kier alpha value is -0.420. The Bertz CT molecular complexity index is 262. The van der Waals surface area contributed by atoms with Gasteiger partial charge in [0.2, 0.25) is 0 Å². The van der Waals surface area contributed by atoms with Crippen LogP contribution in [0.2, 0.25) is 0 Å². The highest BCUT2D eigenvalue weighted by Crippen LogP contribution is 2.22. The fourth-order valence-electron chi connectivity index (χ4n) is 2.62. The van der Waals surface area contributed by atoms with Crippen molar-refractivity contribution >= 4 is 17.8 Å². The molecule has 0 saturated carbocycles. The Labute approximate surface area is 115 Å². The van der Waals surface area contributed by atoms with Gasteiger partial charge >= 0.3 is 6.03 Å². The molecule has 1 aliphatic rings. The summed E-state index contributed by atoms with van der Waals surface area (Å²) < 4.78 is 0. The smallest absolute Gasteiger partial charge is 0.318 e. The predicted octanol–water partition coefficient (Wildman–Crippen LogP) is 2.07. The highest BCUT2D eigenvalue weighted by Gasteiger charge is 2.30. The van der Waals surface area contributed by atoms with Gasteiger partial charge in [0, 0.05) is 23.4 Å². The second-order valence-corrected chi connectivity index (χ2v) is 6.31. The molecule has 106 valence electrons. The van der Waals surface area contributed by atoms with Gasteiger partial charge in [-0.15, -0.1) is 0 Å². The van der Waals surface area contributed by atoms with Crippen LogP contribution in [0.1, 0.15) is 40.0 Å². The molecule has 0 aromatic carbocycles. The first kappa shape index (κ1) is 15.6. The molecule has 4 unspecified atom stereocenters. The summed E-state index contributed by atoms with van der Waals surface area (Å²) in [6, 6.07) is 0.610. The average Bonchev–Trinajstić information content (AvgIpc) is 2.30. The highest BCUT2D eigenvalue weighted by atomic mass is 32.2. The third kappa shape index (κ3) is 3.79. The Balaban J connectivity index is 2.58. The zero-order valence-corrected chi connectivity index (χ0v) is 12.7. The van der Waals surface area contributed by atoms with E-state index in [1.807, 2.05) is 18.1 Å². The first-order chi connectivity index (χ1) is 8.51. The van der Waals surface area contributed by atoms with E-state index >= 15 is 0 Å². The molecule has 2 amide bonds. The molecule has 2 N–H and O–H groups in total. The van der Waals surface area contributed by atoms with Crippen LogP contribution >= 0.6 is 11.8 Å². The molecule has 0 spiro atoms. The Morgan fingerprint density at radius 3 is 2.44 bits per heavy atom. The van der Waals surface area contributed by atoms with Gasteiger partial charge in [-0.2, -0.15) is 11.8 Å². The van der Waals surface area contributed by atoms with Crippen LogP contribution in [0.5, 0.6) is 0 Å². The highest BCUT2D eigenvalue weighted by molar-refractivity contribution is 7.99. The second-order valence-electron chi connectivity index (χ2n) is 5.23. The zero-order valence-electron chi connectivity index (χ0n) is 11.8. The molecular weight excluding hydrogens is 248 g/mol. The third-order valence-electron chi connectivity index (χ3n) is 3.82. The first-order valence-electron chi connectivity index (χ1n) is 6.73. The minimum atomic E-state index is -0.0150. The van der Waals surface area contributed by atoms with Crippen molar-refractivity contribution in [3.8, 4) is 0 Å². The van der Waals surface area contributed by atoms with Gasteiger partial charge in [0.15, 0.2) is 0 Å². The molecule has 0 aromatic heterocycles. The predicted molar refractivity (Wildman–Crippen MR) is 77.0 cm³/mol. The van der Waals surface area contributed by atoms with Crippen molar-refractivity contribution < 1.29 is 9.90 Å². The molecule has 1 aliphatic heterocycles.